The minimum absolute atomic E-state index is 0.0221. The highest BCUT2D eigenvalue weighted by atomic mass is 32.2. The van der Waals surface area contributed by atoms with E-state index in [2.05, 4.69) is 179 Å². The average molecular weight is 779 g/mol. The number of carbonyl (C=O) groups excluding carboxylic acids is 1. The van der Waals surface area contributed by atoms with Crippen LogP contribution in [0.15, 0.2) is 69.3 Å². The summed E-state index contributed by atoms with van der Waals surface area (Å²) < 4.78 is 0. The molecule has 56 heavy (non-hydrogen) atoms. The van der Waals surface area contributed by atoms with Crippen LogP contribution in [0.2, 0.25) is 0 Å². The second-order valence-corrected chi connectivity index (χ2v) is 26.3. The Bertz CT molecular complexity index is 1690. The summed E-state index contributed by atoms with van der Waals surface area (Å²) in [7, 11) is -0.317. The van der Waals surface area contributed by atoms with Crippen LogP contribution in [0.5, 0.6) is 0 Å². The topological polar surface area (TPSA) is 40.1 Å². The van der Waals surface area contributed by atoms with Crippen LogP contribution in [0.1, 0.15) is 197 Å². The van der Waals surface area contributed by atoms with Crippen molar-refractivity contribution in [2.45, 2.75) is 210 Å². The Morgan fingerprint density at radius 3 is 1.02 bits per heavy atom. The fraction of sp³-hybridized carbons (Fsp3) is 0.642. The van der Waals surface area contributed by atoms with Crippen molar-refractivity contribution in [2.75, 3.05) is 0 Å². The lowest BCUT2D eigenvalue weighted by Crippen LogP contribution is -2.54. The van der Waals surface area contributed by atoms with Gasteiger partial charge in [0.2, 0.25) is 0 Å². The molecule has 7 rings (SSSR count). The lowest BCUT2D eigenvalue weighted by molar-refractivity contribution is -0.327. The summed E-state index contributed by atoms with van der Waals surface area (Å²) in [4.78, 5) is 15.6. The number of hydrogen-bond acceptors (Lipinski definition) is 2. The molecular formula is C53H78O2S. The Kier molecular flexibility index (Phi) is 11.9. The van der Waals surface area contributed by atoms with Crippen LogP contribution in [-0.2, 0) is 48.2 Å². The van der Waals surface area contributed by atoms with Gasteiger partial charge in [-0.15, -0.1) is 0 Å². The van der Waals surface area contributed by atoms with Gasteiger partial charge in [0.15, 0.2) is 14.7 Å². The number of aliphatic carboxylic acids is 1. The van der Waals surface area contributed by atoms with Crippen LogP contribution >= 0.6 is 0 Å². The Balaban J connectivity index is 0.000000381. The molecule has 4 aliphatic rings. The number of carboxylic acid groups (broad SMARTS) is 1. The largest absolute Gasteiger partial charge is 0.550 e. The van der Waals surface area contributed by atoms with Gasteiger partial charge in [-0.1, -0.05) is 143 Å². The molecule has 3 heteroatoms. The smallest absolute Gasteiger partial charge is 0.174 e. The van der Waals surface area contributed by atoms with Gasteiger partial charge in [0.05, 0.1) is 0 Å². The molecule has 0 saturated heterocycles. The third-order valence-corrected chi connectivity index (χ3v) is 15.4. The number of rotatable bonds is 4. The van der Waals surface area contributed by atoms with E-state index in [0.29, 0.717) is 17.8 Å². The predicted molar refractivity (Wildman–Crippen MR) is 239 cm³/mol. The van der Waals surface area contributed by atoms with Gasteiger partial charge >= 0.3 is 0 Å². The average Bonchev–Trinajstić information content (AvgIpc) is 3.02. The number of hydrogen-bond donors (Lipinski definition) is 0. The zero-order valence-corrected chi connectivity index (χ0v) is 39.7. The molecule has 0 aromatic heterocycles. The monoisotopic (exact) mass is 779 g/mol. The van der Waals surface area contributed by atoms with Gasteiger partial charge in [-0.3, -0.25) is 0 Å². The third kappa shape index (κ3) is 9.35. The summed E-state index contributed by atoms with van der Waals surface area (Å²) >= 11 is 0. The van der Waals surface area contributed by atoms with E-state index in [9.17, 15) is 9.90 Å². The number of carboxylic acids is 1. The highest BCUT2D eigenvalue weighted by Gasteiger charge is 2.52. The zero-order chi connectivity index (χ0) is 42.2. The molecule has 0 heterocycles. The Hall–Kier alpha value is -2.52. The first-order valence-corrected chi connectivity index (χ1v) is 23.0. The normalized spacial score (nSPS) is 22.9. The standard InChI is InChI=1S/C42H63S.C11H16O2/c1-37(2,3)28-24-31(39(7,8)9)35(32(25-28)40(10,11)12)43(30-22-20-19-21-23-30)36-33(41(13,14)15)26-29(38(4,5)6)27-34(36)42(16,17)18;12-10(13)11-4-7-1-8(5-11)3-9(2-7)6-11/h19-27H,1-18H3;7-9H,1-6H2,(H,12,13)/q+1;/p-1. The highest BCUT2D eigenvalue weighted by molar-refractivity contribution is 7.97. The second kappa shape index (κ2) is 14.9. The van der Waals surface area contributed by atoms with E-state index < -0.39 is 11.4 Å². The lowest BCUT2D eigenvalue weighted by atomic mass is 9.49. The molecule has 0 amide bonds. The van der Waals surface area contributed by atoms with Gasteiger partial charge in [-0.05, 0) is 136 Å². The summed E-state index contributed by atoms with van der Waals surface area (Å²) in [6.45, 7) is 43.1. The van der Waals surface area contributed by atoms with Crippen LogP contribution in [0, 0.1) is 23.2 Å². The molecule has 0 N–H and O–H groups in total. The maximum absolute atomic E-state index is 11.1. The van der Waals surface area contributed by atoms with Crippen molar-refractivity contribution >= 4 is 16.9 Å². The van der Waals surface area contributed by atoms with Gasteiger partial charge in [0, 0.05) is 33.6 Å². The molecule has 0 unspecified atom stereocenters. The summed E-state index contributed by atoms with van der Waals surface area (Å²) in [5.74, 6) is 1.38. The van der Waals surface area contributed by atoms with E-state index in [1.165, 1.54) is 67.3 Å². The first kappa shape index (κ1) is 44.6. The number of benzene rings is 3. The molecule has 0 radical (unpaired) electrons. The van der Waals surface area contributed by atoms with Crippen LogP contribution in [-0.4, -0.2) is 5.97 Å². The van der Waals surface area contributed by atoms with Gasteiger partial charge < -0.3 is 9.90 Å². The van der Waals surface area contributed by atoms with Gasteiger partial charge in [0.25, 0.3) is 0 Å². The molecule has 4 aliphatic carbocycles. The van der Waals surface area contributed by atoms with Crippen LogP contribution in [0.25, 0.3) is 0 Å². The maximum Gasteiger partial charge on any atom is 0.174 e. The van der Waals surface area contributed by atoms with E-state index in [4.69, 9.17) is 0 Å². The van der Waals surface area contributed by atoms with Crippen molar-refractivity contribution in [1.82, 2.24) is 0 Å². The lowest BCUT2D eigenvalue weighted by Gasteiger charge is -2.57. The molecule has 4 bridgehead atoms. The van der Waals surface area contributed by atoms with Crippen molar-refractivity contribution < 1.29 is 9.90 Å². The quantitative estimate of drug-likeness (QED) is 0.248. The fourth-order valence-electron chi connectivity index (χ4n) is 10.0. The molecule has 3 aromatic rings. The van der Waals surface area contributed by atoms with Gasteiger partial charge in [-0.2, -0.15) is 0 Å². The first-order valence-electron chi connectivity index (χ1n) is 21.7. The van der Waals surface area contributed by atoms with Crippen molar-refractivity contribution in [1.29, 1.82) is 0 Å². The van der Waals surface area contributed by atoms with Crippen molar-refractivity contribution in [3.63, 3.8) is 0 Å². The van der Waals surface area contributed by atoms with Crippen LogP contribution in [0.3, 0.4) is 0 Å². The summed E-state index contributed by atoms with van der Waals surface area (Å²) in [6.07, 6.45) is 6.65. The number of carbonyl (C=O) groups is 1. The van der Waals surface area contributed by atoms with Gasteiger partial charge in [0.1, 0.15) is 10.9 Å². The first-order chi connectivity index (χ1) is 25.3. The summed E-state index contributed by atoms with van der Waals surface area (Å²) in [5.41, 5.74) is 8.43. The molecule has 0 spiro atoms. The molecule has 2 nitrogen and oxygen atoms in total. The minimum atomic E-state index is -0.758. The van der Waals surface area contributed by atoms with Crippen LogP contribution < -0.4 is 5.11 Å². The van der Waals surface area contributed by atoms with E-state index in [-0.39, 0.29) is 43.4 Å². The minimum Gasteiger partial charge on any atom is -0.550 e. The van der Waals surface area contributed by atoms with Crippen molar-refractivity contribution in [3.05, 3.63) is 88.0 Å². The van der Waals surface area contributed by atoms with E-state index in [0.717, 1.165) is 19.3 Å². The summed E-state index contributed by atoms with van der Waals surface area (Å²) in [6, 6.07) is 21.7. The van der Waals surface area contributed by atoms with Crippen molar-refractivity contribution in [2.24, 2.45) is 23.2 Å². The Labute approximate surface area is 346 Å². The molecule has 308 valence electrons. The Morgan fingerprint density at radius 2 is 0.786 bits per heavy atom. The SMILES string of the molecule is CC(C)(C)c1cc(C(C)(C)C)c([S+](c2ccccc2)c2c(C(C)(C)C)cc(C(C)(C)C)cc2C(C)(C)C)c(C(C)(C)C)c1.O=C([O-])C12CC3CC(CC(C3)C1)C2. The van der Waals surface area contributed by atoms with E-state index >= 15 is 0 Å². The Morgan fingerprint density at radius 1 is 0.500 bits per heavy atom. The van der Waals surface area contributed by atoms with E-state index in [1.807, 2.05) is 0 Å². The predicted octanol–water partition coefficient (Wildman–Crippen LogP) is 13.5. The maximum atomic E-state index is 11.1. The highest BCUT2D eigenvalue weighted by Crippen LogP contribution is 2.60. The van der Waals surface area contributed by atoms with Crippen LogP contribution in [0.4, 0.5) is 0 Å². The summed E-state index contributed by atoms with van der Waals surface area (Å²) in [5, 5.41) is 11.1. The third-order valence-electron chi connectivity index (χ3n) is 13.0. The molecule has 0 aliphatic heterocycles. The van der Waals surface area contributed by atoms with Crippen molar-refractivity contribution in [3.8, 4) is 0 Å². The van der Waals surface area contributed by atoms with E-state index in [1.54, 1.807) is 0 Å². The fourth-order valence-corrected chi connectivity index (χ4v) is 13.5. The zero-order valence-electron chi connectivity index (χ0n) is 38.9. The molecule has 4 saturated carbocycles. The molecule has 3 aromatic carbocycles. The molecule has 4 fully saturated rings. The second-order valence-electron chi connectivity index (χ2n) is 24.4. The molecular weight excluding hydrogens is 701 g/mol. The molecule has 0 atom stereocenters. The van der Waals surface area contributed by atoms with Gasteiger partial charge in [-0.25, -0.2) is 0 Å².